The summed E-state index contributed by atoms with van der Waals surface area (Å²) in [6, 6.07) is 13.4. The molecule has 5 heteroatoms. The highest BCUT2D eigenvalue weighted by atomic mass is 19.1. The SMILES string of the molecule is C/C=C\Cn1c(C(=O)O)cc2c(OCc3ccccc3F)cccc21. The number of carboxylic acid groups (broad SMARTS) is 1. The van der Waals surface area contributed by atoms with Crippen LogP contribution in [0.2, 0.25) is 0 Å². The van der Waals surface area contributed by atoms with Gasteiger partial charge < -0.3 is 14.4 Å². The minimum Gasteiger partial charge on any atom is -0.488 e. The van der Waals surface area contributed by atoms with Crippen molar-refractivity contribution in [3.63, 3.8) is 0 Å². The van der Waals surface area contributed by atoms with E-state index in [1.807, 2.05) is 25.1 Å². The van der Waals surface area contributed by atoms with Crippen molar-refractivity contribution in [2.24, 2.45) is 0 Å². The van der Waals surface area contributed by atoms with Crippen LogP contribution in [0.3, 0.4) is 0 Å². The first-order valence-electron chi connectivity index (χ1n) is 7.94. The van der Waals surface area contributed by atoms with E-state index < -0.39 is 5.97 Å². The van der Waals surface area contributed by atoms with Gasteiger partial charge in [-0.3, -0.25) is 0 Å². The van der Waals surface area contributed by atoms with E-state index in [2.05, 4.69) is 0 Å². The van der Waals surface area contributed by atoms with E-state index in [1.54, 1.807) is 41.0 Å². The van der Waals surface area contributed by atoms with Gasteiger partial charge in [0.25, 0.3) is 0 Å². The third-order valence-electron chi connectivity index (χ3n) is 3.99. The predicted octanol–water partition coefficient (Wildman–Crippen LogP) is 4.63. The van der Waals surface area contributed by atoms with Gasteiger partial charge in [-0.05, 0) is 31.2 Å². The highest BCUT2D eigenvalue weighted by molar-refractivity contribution is 5.97. The first-order chi connectivity index (χ1) is 12.1. The monoisotopic (exact) mass is 339 g/mol. The topological polar surface area (TPSA) is 51.5 Å². The Morgan fingerprint density at radius 1 is 1.24 bits per heavy atom. The molecule has 0 atom stereocenters. The average Bonchev–Trinajstić information content (AvgIpc) is 2.99. The summed E-state index contributed by atoms with van der Waals surface area (Å²) < 4.78 is 21.2. The van der Waals surface area contributed by atoms with Gasteiger partial charge in [-0.2, -0.15) is 0 Å². The van der Waals surface area contributed by atoms with Gasteiger partial charge in [0.2, 0.25) is 0 Å². The summed E-state index contributed by atoms with van der Waals surface area (Å²) in [5.74, 6) is -0.796. The number of nitrogens with zero attached hydrogens (tertiary/aromatic N) is 1. The first kappa shape index (κ1) is 16.8. The minimum atomic E-state index is -0.999. The van der Waals surface area contributed by atoms with Crippen LogP contribution >= 0.6 is 0 Å². The Morgan fingerprint density at radius 3 is 2.76 bits per heavy atom. The van der Waals surface area contributed by atoms with Gasteiger partial charge in [0, 0.05) is 17.5 Å². The highest BCUT2D eigenvalue weighted by Crippen LogP contribution is 2.30. The van der Waals surface area contributed by atoms with Crippen LogP contribution < -0.4 is 4.74 Å². The fourth-order valence-electron chi connectivity index (χ4n) is 2.74. The molecule has 0 unspecified atom stereocenters. The maximum absolute atomic E-state index is 13.8. The minimum absolute atomic E-state index is 0.0776. The van der Waals surface area contributed by atoms with Gasteiger partial charge in [-0.25, -0.2) is 9.18 Å². The van der Waals surface area contributed by atoms with Gasteiger partial charge in [-0.15, -0.1) is 0 Å². The summed E-state index contributed by atoms with van der Waals surface area (Å²) in [7, 11) is 0. The summed E-state index contributed by atoms with van der Waals surface area (Å²) in [6.45, 7) is 2.42. The third kappa shape index (κ3) is 3.40. The molecule has 1 aromatic heterocycles. The lowest BCUT2D eigenvalue weighted by Crippen LogP contribution is -2.07. The van der Waals surface area contributed by atoms with Crippen molar-refractivity contribution in [2.75, 3.05) is 0 Å². The van der Waals surface area contributed by atoms with Crippen molar-refractivity contribution in [2.45, 2.75) is 20.1 Å². The molecule has 0 aliphatic heterocycles. The Labute approximate surface area is 144 Å². The molecule has 3 aromatic rings. The molecular formula is C20H18FNO3. The second kappa shape index (κ2) is 7.21. The smallest absolute Gasteiger partial charge is 0.352 e. The van der Waals surface area contributed by atoms with Gasteiger partial charge in [0.1, 0.15) is 23.9 Å². The molecule has 0 saturated carbocycles. The zero-order chi connectivity index (χ0) is 17.8. The summed E-state index contributed by atoms with van der Waals surface area (Å²) in [6.07, 6.45) is 3.76. The molecule has 25 heavy (non-hydrogen) atoms. The Morgan fingerprint density at radius 2 is 2.04 bits per heavy atom. The number of ether oxygens (including phenoxy) is 1. The van der Waals surface area contributed by atoms with Crippen molar-refractivity contribution in [3.8, 4) is 5.75 Å². The number of aromatic carboxylic acids is 1. The van der Waals surface area contributed by atoms with Crippen LogP contribution in [0.4, 0.5) is 4.39 Å². The van der Waals surface area contributed by atoms with E-state index in [4.69, 9.17) is 4.74 Å². The number of carboxylic acids is 1. The molecule has 0 bridgehead atoms. The van der Waals surface area contributed by atoms with E-state index in [0.29, 0.717) is 23.2 Å². The molecule has 0 amide bonds. The van der Waals surface area contributed by atoms with E-state index >= 15 is 0 Å². The summed E-state index contributed by atoms with van der Waals surface area (Å²) >= 11 is 0. The summed E-state index contributed by atoms with van der Waals surface area (Å²) in [4.78, 5) is 11.6. The van der Waals surface area contributed by atoms with Gasteiger partial charge in [-0.1, -0.05) is 36.4 Å². The van der Waals surface area contributed by atoms with Crippen molar-refractivity contribution in [3.05, 3.63) is 77.8 Å². The van der Waals surface area contributed by atoms with Gasteiger partial charge in [0.05, 0.1) is 5.52 Å². The lowest BCUT2D eigenvalue weighted by molar-refractivity contribution is 0.0686. The van der Waals surface area contributed by atoms with Crippen LogP contribution in [-0.4, -0.2) is 15.6 Å². The Hall–Kier alpha value is -3.08. The second-order valence-electron chi connectivity index (χ2n) is 5.58. The van der Waals surface area contributed by atoms with E-state index in [1.165, 1.54) is 6.07 Å². The van der Waals surface area contributed by atoms with Crippen LogP contribution in [0.5, 0.6) is 5.75 Å². The maximum atomic E-state index is 13.8. The molecular weight excluding hydrogens is 321 g/mol. The number of hydrogen-bond donors (Lipinski definition) is 1. The second-order valence-corrected chi connectivity index (χ2v) is 5.58. The molecule has 128 valence electrons. The van der Waals surface area contributed by atoms with Crippen molar-refractivity contribution in [1.29, 1.82) is 0 Å². The molecule has 1 N–H and O–H groups in total. The van der Waals surface area contributed by atoms with Crippen molar-refractivity contribution < 1.29 is 19.0 Å². The Kier molecular flexibility index (Phi) is 4.84. The molecule has 0 radical (unpaired) electrons. The highest BCUT2D eigenvalue weighted by Gasteiger charge is 2.16. The molecule has 0 saturated heterocycles. The molecule has 2 aromatic carbocycles. The Balaban J connectivity index is 1.99. The number of benzene rings is 2. The lowest BCUT2D eigenvalue weighted by atomic mass is 10.2. The van der Waals surface area contributed by atoms with Crippen LogP contribution in [0.1, 0.15) is 23.0 Å². The zero-order valence-corrected chi connectivity index (χ0v) is 13.8. The van der Waals surface area contributed by atoms with Crippen LogP contribution in [0.15, 0.2) is 60.7 Å². The summed E-state index contributed by atoms with van der Waals surface area (Å²) in [5, 5.41) is 10.2. The molecule has 0 aliphatic carbocycles. The van der Waals surface area contributed by atoms with E-state index in [9.17, 15) is 14.3 Å². The standard InChI is InChI=1S/C20H18FNO3/c1-2-3-11-22-17-9-6-10-19(15(17)12-18(22)20(23)24)25-13-14-7-4-5-8-16(14)21/h2-10,12H,11,13H2,1H3,(H,23,24)/b3-2-. The summed E-state index contributed by atoms with van der Waals surface area (Å²) in [5.41, 5.74) is 1.41. The molecule has 4 nitrogen and oxygen atoms in total. The largest absolute Gasteiger partial charge is 0.488 e. The lowest BCUT2D eigenvalue weighted by Gasteiger charge is -2.09. The van der Waals surface area contributed by atoms with Crippen molar-refractivity contribution >= 4 is 16.9 Å². The fraction of sp³-hybridized carbons (Fsp3) is 0.150. The van der Waals surface area contributed by atoms with E-state index in [0.717, 1.165) is 5.52 Å². The fourth-order valence-corrected chi connectivity index (χ4v) is 2.74. The molecule has 1 heterocycles. The quantitative estimate of drug-likeness (QED) is 0.666. The van der Waals surface area contributed by atoms with Crippen LogP contribution in [0.25, 0.3) is 10.9 Å². The zero-order valence-electron chi connectivity index (χ0n) is 13.8. The Bertz CT molecular complexity index is 943. The van der Waals surface area contributed by atoms with Crippen LogP contribution in [-0.2, 0) is 13.2 Å². The predicted molar refractivity (Wildman–Crippen MR) is 94.4 cm³/mol. The van der Waals surface area contributed by atoms with E-state index in [-0.39, 0.29) is 18.1 Å². The number of aromatic nitrogens is 1. The number of carbonyl (C=O) groups is 1. The number of allylic oxidation sites excluding steroid dienone is 2. The third-order valence-corrected chi connectivity index (χ3v) is 3.99. The number of hydrogen-bond acceptors (Lipinski definition) is 2. The number of rotatable bonds is 6. The van der Waals surface area contributed by atoms with Crippen LogP contribution in [0, 0.1) is 5.82 Å². The molecule has 3 rings (SSSR count). The van der Waals surface area contributed by atoms with Gasteiger partial charge in [0.15, 0.2) is 0 Å². The molecule has 0 aliphatic rings. The first-order valence-corrected chi connectivity index (χ1v) is 7.94. The van der Waals surface area contributed by atoms with Crippen molar-refractivity contribution in [1.82, 2.24) is 4.57 Å². The normalized spacial score (nSPS) is 11.3. The average molecular weight is 339 g/mol. The maximum Gasteiger partial charge on any atom is 0.352 e. The number of halogens is 1. The molecule has 0 spiro atoms. The van der Waals surface area contributed by atoms with Gasteiger partial charge >= 0.3 is 5.97 Å². The molecule has 0 fully saturated rings. The number of fused-ring (bicyclic) bond motifs is 1.